The molecule has 0 aromatic heterocycles. The maximum Gasteiger partial charge on any atom is 0.305 e. The molecule has 1 amide bonds. The lowest BCUT2D eigenvalue weighted by molar-refractivity contribution is -0.143. The fraction of sp³-hybridized carbons (Fsp3) is 0.872. The monoisotopic (exact) mass is 1180 g/mol. The maximum absolute atomic E-state index is 12.5. The van der Waals surface area contributed by atoms with Gasteiger partial charge in [0, 0.05) is 12.8 Å². The lowest BCUT2D eigenvalue weighted by Crippen LogP contribution is -2.45. The second-order valence-electron chi connectivity index (χ2n) is 26.0. The van der Waals surface area contributed by atoms with Crippen LogP contribution in [0.25, 0.3) is 0 Å². The molecule has 0 saturated heterocycles. The van der Waals surface area contributed by atoms with E-state index in [0.717, 1.165) is 51.4 Å². The number of hydrogen-bond acceptors (Lipinski definition) is 5. The molecule has 0 aromatic carbocycles. The summed E-state index contributed by atoms with van der Waals surface area (Å²) in [6.45, 7) is 4.92. The summed E-state index contributed by atoms with van der Waals surface area (Å²) >= 11 is 0. The van der Waals surface area contributed by atoms with Gasteiger partial charge in [-0.25, -0.2) is 0 Å². The molecule has 0 saturated carbocycles. The zero-order valence-corrected chi connectivity index (χ0v) is 56.6. The largest absolute Gasteiger partial charge is 0.466 e. The second kappa shape index (κ2) is 73.3. The van der Waals surface area contributed by atoms with Crippen LogP contribution in [0.3, 0.4) is 0 Å². The third-order valence-electron chi connectivity index (χ3n) is 17.6. The number of rotatable bonds is 71. The van der Waals surface area contributed by atoms with Crippen LogP contribution in [-0.2, 0) is 14.3 Å². The molecule has 0 spiro atoms. The van der Waals surface area contributed by atoms with Gasteiger partial charge in [0.15, 0.2) is 0 Å². The Bertz CT molecular complexity index is 1400. The molecule has 0 bridgehead atoms. The zero-order valence-electron chi connectivity index (χ0n) is 56.6. The summed E-state index contributed by atoms with van der Waals surface area (Å²) in [5, 5.41) is 23.3. The molecule has 0 heterocycles. The predicted molar refractivity (Wildman–Crippen MR) is 370 cm³/mol. The van der Waals surface area contributed by atoms with Crippen molar-refractivity contribution in [1.29, 1.82) is 0 Å². The third kappa shape index (κ3) is 68.9. The van der Waals surface area contributed by atoms with E-state index in [9.17, 15) is 19.8 Å². The van der Waals surface area contributed by atoms with Gasteiger partial charge in [0.05, 0.1) is 25.4 Å². The summed E-state index contributed by atoms with van der Waals surface area (Å²) in [5.74, 6) is -0.0595. The Morgan fingerprint density at radius 2 is 0.595 bits per heavy atom. The smallest absolute Gasteiger partial charge is 0.305 e. The van der Waals surface area contributed by atoms with E-state index < -0.39 is 12.1 Å². The Morgan fingerprint density at radius 1 is 0.333 bits per heavy atom. The highest BCUT2D eigenvalue weighted by Gasteiger charge is 2.18. The fourth-order valence-electron chi connectivity index (χ4n) is 11.8. The van der Waals surface area contributed by atoms with E-state index in [-0.39, 0.29) is 18.5 Å². The number of unbranched alkanes of at least 4 members (excludes halogenated alkanes) is 54. The normalized spacial score (nSPS) is 12.8. The van der Waals surface area contributed by atoms with Crippen molar-refractivity contribution in [3.05, 3.63) is 48.6 Å². The number of hydrogen-bond donors (Lipinski definition) is 3. The first-order valence-electron chi connectivity index (χ1n) is 37.9. The van der Waals surface area contributed by atoms with Gasteiger partial charge in [0.2, 0.25) is 5.91 Å². The van der Waals surface area contributed by atoms with E-state index in [1.165, 1.54) is 334 Å². The van der Waals surface area contributed by atoms with Crippen molar-refractivity contribution in [1.82, 2.24) is 5.32 Å². The lowest BCUT2D eigenvalue weighted by atomic mass is 10.0. The second-order valence-corrected chi connectivity index (χ2v) is 26.0. The first-order valence-corrected chi connectivity index (χ1v) is 37.9. The molecule has 0 aromatic rings. The molecular weight excluding hydrogens is 1030 g/mol. The number of aliphatic hydroxyl groups is 2. The van der Waals surface area contributed by atoms with Gasteiger partial charge in [0.25, 0.3) is 0 Å². The molecule has 0 rings (SSSR count). The molecule has 6 heteroatoms. The molecule has 6 nitrogen and oxygen atoms in total. The number of amides is 1. The fourth-order valence-corrected chi connectivity index (χ4v) is 11.8. The van der Waals surface area contributed by atoms with E-state index in [2.05, 4.69) is 55.6 Å². The average Bonchev–Trinajstić information content (AvgIpc) is 3.51. The molecule has 3 N–H and O–H groups in total. The molecular formula is C78H147NO5. The van der Waals surface area contributed by atoms with E-state index >= 15 is 0 Å². The zero-order chi connectivity index (χ0) is 60.6. The predicted octanol–water partition coefficient (Wildman–Crippen LogP) is 24.8. The van der Waals surface area contributed by atoms with Crippen molar-refractivity contribution in [2.75, 3.05) is 13.2 Å². The first-order chi connectivity index (χ1) is 41.5. The van der Waals surface area contributed by atoms with Crippen molar-refractivity contribution < 1.29 is 24.5 Å². The van der Waals surface area contributed by atoms with Gasteiger partial charge in [-0.2, -0.15) is 0 Å². The highest BCUT2D eigenvalue weighted by Crippen LogP contribution is 2.19. The molecule has 0 aliphatic rings. The van der Waals surface area contributed by atoms with Crippen LogP contribution >= 0.6 is 0 Å². The highest BCUT2D eigenvalue weighted by molar-refractivity contribution is 5.76. The number of aliphatic hydroxyl groups excluding tert-OH is 2. The molecule has 2 atom stereocenters. The van der Waals surface area contributed by atoms with E-state index in [4.69, 9.17) is 4.74 Å². The third-order valence-corrected chi connectivity index (χ3v) is 17.6. The summed E-state index contributed by atoms with van der Waals surface area (Å²) in [7, 11) is 0. The summed E-state index contributed by atoms with van der Waals surface area (Å²) in [5.41, 5.74) is 0. The maximum atomic E-state index is 12.5. The number of esters is 1. The minimum atomic E-state index is -0.846. The molecule has 2 unspecified atom stereocenters. The summed E-state index contributed by atoms with van der Waals surface area (Å²) in [6.07, 6.45) is 96.4. The Kier molecular flexibility index (Phi) is 71.4. The van der Waals surface area contributed by atoms with Crippen LogP contribution < -0.4 is 5.32 Å². The number of allylic oxidation sites excluding steroid dienone is 7. The molecule has 0 radical (unpaired) electrons. The van der Waals surface area contributed by atoms with Crippen LogP contribution in [-0.4, -0.2) is 47.4 Å². The highest BCUT2D eigenvalue weighted by atomic mass is 16.5. The van der Waals surface area contributed by atoms with Gasteiger partial charge in [-0.15, -0.1) is 0 Å². The van der Waals surface area contributed by atoms with Gasteiger partial charge < -0.3 is 20.3 Å². The van der Waals surface area contributed by atoms with Gasteiger partial charge in [-0.3, -0.25) is 9.59 Å². The van der Waals surface area contributed by atoms with E-state index in [1.54, 1.807) is 6.08 Å². The summed E-state index contributed by atoms with van der Waals surface area (Å²) in [4.78, 5) is 24.6. The van der Waals surface area contributed by atoms with Gasteiger partial charge in [-0.1, -0.05) is 358 Å². The summed E-state index contributed by atoms with van der Waals surface area (Å²) < 4.78 is 5.48. The van der Waals surface area contributed by atoms with Crippen molar-refractivity contribution in [3.63, 3.8) is 0 Å². The first kappa shape index (κ1) is 81.8. The minimum Gasteiger partial charge on any atom is -0.466 e. The standard InChI is InChI=1S/C78H147NO5/c1-3-5-7-9-11-13-15-17-18-19-20-21-31-34-37-40-43-47-50-54-58-62-66-70-76(81)75(74-80)79-77(82)71-67-63-59-55-51-48-44-41-38-35-32-29-27-25-23-22-24-26-28-30-33-36-39-42-45-49-53-57-61-65-69-73-84-78(83)72-68-64-60-56-52-46-16-14-12-10-8-6-4-2/h14,16,24,26,30,33,66,70,75-76,80-81H,3-13,15,17-23,25,27-29,31-32,34-65,67-69,71-74H2,1-2H3,(H,79,82)/b16-14-,26-24-,33-30-,70-66+. The number of carbonyl (C=O) groups is 2. The Labute approximate surface area is 525 Å². The van der Waals surface area contributed by atoms with Crippen molar-refractivity contribution >= 4 is 11.9 Å². The van der Waals surface area contributed by atoms with Crippen LogP contribution in [0, 0.1) is 0 Å². The van der Waals surface area contributed by atoms with Crippen LogP contribution in [0.4, 0.5) is 0 Å². The number of nitrogens with one attached hydrogen (secondary N) is 1. The molecule has 494 valence electrons. The Hall–Kier alpha value is -2.18. The van der Waals surface area contributed by atoms with E-state index in [1.807, 2.05) is 6.08 Å². The van der Waals surface area contributed by atoms with Crippen LogP contribution in [0.1, 0.15) is 412 Å². The van der Waals surface area contributed by atoms with Gasteiger partial charge >= 0.3 is 5.97 Å². The van der Waals surface area contributed by atoms with Crippen LogP contribution in [0.5, 0.6) is 0 Å². The molecule has 84 heavy (non-hydrogen) atoms. The van der Waals surface area contributed by atoms with Crippen LogP contribution in [0.15, 0.2) is 48.6 Å². The Morgan fingerprint density at radius 3 is 0.929 bits per heavy atom. The van der Waals surface area contributed by atoms with Crippen molar-refractivity contribution in [3.8, 4) is 0 Å². The van der Waals surface area contributed by atoms with Crippen molar-refractivity contribution in [2.24, 2.45) is 0 Å². The average molecular weight is 1180 g/mol. The minimum absolute atomic E-state index is 0.00389. The topological polar surface area (TPSA) is 95.9 Å². The lowest BCUT2D eigenvalue weighted by Gasteiger charge is -2.20. The van der Waals surface area contributed by atoms with Crippen molar-refractivity contribution in [2.45, 2.75) is 424 Å². The molecule has 0 aliphatic carbocycles. The SMILES string of the molecule is CCCCCC/C=C\CCCCCCCC(=O)OCCCCCCCCCCC/C=C\C/C=C\CCCCCCCCCCCCCCCCCC(=O)NC(CO)C(O)/C=C/CCCCCCCCCCCCCCCCCCCCCCC. The van der Waals surface area contributed by atoms with E-state index in [0.29, 0.717) is 19.4 Å². The molecule has 0 fully saturated rings. The number of carbonyl (C=O) groups excluding carboxylic acids is 2. The van der Waals surface area contributed by atoms with Crippen LogP contribution in [0.2, 0.25) is 0 Å². The van der Waals surface area contributed by atoms with Gasteiger partial charge in [-0.05, 0) is 89.9 Å². The van der Waals surface area contributed by atoms with Gasteiger partial charge in [0.1, 0.15) is 0 Å². The Balaban J connectivity index is 3.42. The quantitative estimate of drug-likeness (QED) is 0.0320. The summed E-state index contributed by atoms with van der Waals surface area (Å²) in [6, 6.07) is -0.629. The molecule has 0 aliphatic heterocycles. The number of ether oxygens (including phenoxy) is 1.